The summed E-state index contributed by atoms with van der Waals surface area (Å²) >= 11 is 3.43. The Labute approximate surface area is 172 Å². The smallest absolute Gasteiger partial charge is 0.260 e. The summed E-state index contributed by atoms with van der Waals surface area (Å²) in [5, 5.41) is 7.24. The molecule has 1 saturated heterocycles. The highest BCUT2D eigenvalue weighted by Gasteiger charge is 2.16. The summed E-state index contributed by atoms with van der Waals surface area (Å²) in [5.74, 6) is 0.334. The van der Waals surface area contributed by atoms with Gasteiger partial charge in [0.15, 0.2) is 0 Å². The maximum Gasteiger partial charge on any atom is 0.260 e. The van der Waals surface area contributed by atoms with E-state index in [1.165, 1.54) is 19.3 Å². The Morgan fingerprint density at radius 3 is 2.39 bits per heavy atom. The van der Waals surface area contributed by atoms with Gasteiger partial charge in [-0.05, 0) is 62.6 Å². The van der Waals surface area contributed by atoms with Crippen molar-refractivity contribution in [3.8, 4) is 5.69 Å². The Hall–Kier alpha value is -2.67. The third-order valence-corrected chi connectivity index (χ3v) is 5.56. The van der Waals surface area contributed by atoms with Gasteiger partial charge in [-0.3, -0.25) is 4.79 Å². The highest BCUT2D eigenvalue weighted by Crippen LogP contribution is 2.21. The van der Waals surface area contributed by atoms with Crippen molar-refractivity contribution < 1.29 is 4.79 Å². The summed E-state index contributed by atoms with van der Waals surface area (Å²) in [4.78, 5) is 19.5. The van der Waals surface area contributed by atoms with Crippen LogP contribution in [0.2, 0.25) is 0 Å². The number of piperidine rings is 1. The van der Waals surface area contributed by atoms with Gasteiger partial charge in [-0.25, -0.2) is 9.67 Å². The summed E-state index contributed by atoms with van der Waals surface area (Å²) < 4.78 is 2.76. The third kappa shape index (κ3) is 3.94. The predicted molar refractivity (Wildman–Crippen MR) is 114 cm³/mol. The van der Waals surface area contributed by atoms with E-state index in [0.29, 0.717) is 11.4 Å². The van der Waals surface area contributed by atoms with Gasteiger partial charge in [-0.1, -0.05) is 15.9 Å². The maximum atomic E-state index is 12.7. The second kappa shape index (κ2) is 8.14. The van der Waals surface area contributed by atoms with Crippen LogP contribution < -0.4 is 10.2 Å². The van der Waals surface area contributed by atoms with Crippen LogP contribution in [0.25, 0.3) is 5.69 Å². The van der Waals surface area contributed by atoms with Gasteiger partial charge < -0.3 is 10.2 Å². The first-order valence-electron chi connectivity index (χ1n) is 9.45. The Morgan fingerprint density at radius 1 is 1.00 bits per heavy atom. The van der Waals surface area contributed by atoms with E-state index in [-0.39, 0.29) is 5.91 Å². The number of rotatable bonds is 4. The molecule has 0 bridgehead atoms. The lowest BCUT2D eigenvalue weighted by molar-refractivity contribution is 0.102. The fraction of sp³-hybridized carbons (Fsp3) is 0.286. The van der Waals surface area contributed by atoms with Crippen LogP contribution in [0, 0.1) is 6.92 Å². The molecule has 144 valence electrons. The number of pyridine rings is 1. The first-order chi connectivity index (χ1) is 13.6. The maximum absolute atomic E-state index is 12.7. The molecule has 6 nitrogen and oxygen atoms in total. The molecule has 0 atom stereocenters. The van der Waals surface area contributed by atoms with Crippen molar-refractivity contribution in [1.82, 2.24) is 14.8 Å². The normalized spacial score (nSPS) is 14.1. The number of benzene rings is 1. The van der Waals surface area contributed by atoms with Crippen molar-refractivity contribution in [2.45, 2.75) is 26.2 Å². The number of anilines is 2. The summed E-state index contributed by atoms with van der Waals surface area (Å²) in [6.07, 6.45) is 7.17. The van der Waals surface area contributed by atoms with Gasteiger partial charge in [0.2, 0.25) is 0 Å². The molecule has 7 heteroatoms. The van der Waals surface area contributed by atoms with Crippen molar-refractivity contribution in [2.24, 2.45) is 0 Å². The lowest BCUT2D eigenvalue weighted by Crippen LogP contribution is -2.29. The molecule has 4 rings (SSSR count). The minimum atomic E-state index is -0.209. The second-order valence-corrected chi connectivity index (χ2v) is 7.85. The monoisotopic (exact) mass is 439 g/mol. The molecule has 0 radical (unpaired) electrons. The highest BCUT2D eigenvalue weighted by molar-refractivity contribution is 9.10. The van der Waals surface area contributed by atoms with Gasteiger partial charge in [0.05, 0.1) is 35.0 Å². The van der Waals surface area contributed by atoms with Gasteiger partial charge in [0.25, 0.3) is 5.91 Å². The zero-order chi connectivity index (χ0) is 19.5. The quantitative estimate of drug-likeness (QED) is 0.645. The number of amides is 1. The average molecular weight is 440 g/mol. The number of carbonyl (C=O) groups is 1. The summed E-state index contributed by atoms with van der Waals surface area (Å²) in [6, 6.07) is 11.7. The Bertz CT molecular complexity index is 959. The third-order valence-electron chi connectivity index (χ3n) is 5.04. The Kier molecular flexibility index (Phi) is 5.43. The molecule has 28 heavy (non-hydrogen) atoms. The summed E-state index contributed by atoms with van der Waals surface area (Å²) in [6.45, 7) is 4.03. The van der Waals surface area contributed by atoms with Crippen LogP contribution in [0.4, 0.5) is 11.5 Å². The van der Waals surface area contributed by atoms with E-state index in [1.807, 2.05) is 49.5 Å². The summed E-state index contributed by atoms with van der Waals surface area (Å²) in [7, 11) is 0. The lowest BCUT2D eigenvalue weighted by atomic mass is 10.1. The molecule has 3 aromatic rings. The van der Waals surface area contributed by atoms with Crippen LogP contribution in [0.5, 0.6) is 0 Å². The topological polar surface area (TPSA) is 63.1 Å². The molecular formula is C21H22BrN5O. The van der Waals surface area contributed by atoms with E-state index in [4.69, 9.17) is 0 Å². The zero-order valence-electron chi connectivity index (χ0n) is 15.7. The van der Waals surface area contributed by atoms with Gasteiger partial charge >= 0.3 is 0 Å². The number of aromatic nitrogens is 3. The zero-order valence-corrected chi connectivity index (χ0v) is 17.3. The van der Waals surface area contributed by atoms with Crippen molar-refractivity contribution >= 4 is 33.3 Å². The van der Waals surface area contributed by atoms with E-state index in [9.17, 15) is 4.79 Å². The fourth-order valence-electron chi connectivity index (χ4n) is 3.46. The molecule has 1 N–H and O–H groups in total. The predicted octanol–water partition coefficient (Wildman–Crippen LogP) is 4.58. The van der Waals surface area contributed by atoms with Crippen LogP contribution >= 0.6 is 15.9 Å². The molecule has 1 aliphatic heterocycles. The molecule has 1 fully saturated rings. The molecule has 1 aliphatic rings. The Morgan fingerprint density at radius 2 is 1.71 bits per heavy atom. The molecule has 2 aromatic heterocycles. The largest absolute Gasteiger partial charge is 0.370 e. The first-order valence-corrected chi connectivity index (χ1v) is 10.2. The highest BCUT2D eigenvalue weighted by atomic mass is 79.9. The molecule has 3 heterocycles. The molecule has 1 amide bonds. The number of halogens is 1. The molecule has 0 saturated carbocycles. The van der Waals surface area contributed by atoms with Crippen LogP contribution in [-0.4, -0.2) is 33.8 Å². The number of nitrogens with one attached hydrogen (secondary N) is 1. The summed E-state index contributed by atoms with van der Waals surface area (Å²) in [5.41, 5.74) is 3.33. The van der Waals surface area contributed by atoms with E-state index in [0.717, 1.165) is 34.6 Å². The van der Waals surface area contributed by atoms with Gasteiger partial charge in [-0.15, -0.1) is 0 Å². The Balaban J connectivity index is 1.47. The standard InChI is InChI=1S/C21H22BrN5O/c1-15-19(14-24-27(15)17-7-5-16(22)6-8-17)21(28)25-20-10-9-18(13-23-20)26-11-3-2-4-12-26/h5-10,13-14H,2-4,11-12H2,1H3,(H,23,25,28). The van der Waals surface area contributed by atoms with Crippen LogP contribution in [-0.2, 0) is 0 Å². The molecule has 1 aromatic carbocycles. The van der Waals surface area contributed by atoms with E-state index in [2.05, 4.69) is 36.2 Å². The van der Waals surface area contributed by atoms with E-state index >= 15 is 0 Å². The lowest BCUT2D eigenvalue weighted by Gasteiger charge is -2.28. The molecule has 0 aliphatic carbocycles. The second-order valence-electron chi connectivity index (χ2n) is 6.94. The number of hydrogen-bond donors (Lipinski definition) is 1. The van der Waals surface area contributed by atoms with Gasteiger partial charge in [0.1, 0.15) is 5.82 Å². The fourth-order valence-corrected chi connectivity index (χ4v) is 3.72. The number of nitrogens with zero attached hydrogens (tertiary/aromatic N) is 4. The number of hydrogen-bond acceptors (Lipinski definition) is 4. The van der Waals surface area contributed by atoms with Crippen LogP contribution in [0.3, 0.4) is 0 Å². The minimum Gasteiger partial charge on any atom is -0.370 e. The van der Waals surface area contributed by atoms with Gasteiger partial charge in [0, 0.05) is 17.6 Å². The van der Waals surface area contributed by atoms with Crippen molar-refractivity contribution in [3.63, 3.8) is 0 Å². The molecular weight excluding hydrogens is 418 g/mol. The number of carbonyl (C=O) groups excluding carboxylic acids is 1. The molecule has 0 spiro atoms. The first kappa shape index (κ1) is 18.7. The van der Waals surface area contributed by atoms with E-state index in [1.54, 1.807) is 10.9 Å². The average Bonchev–Trinajstić information content (AvgIpc) is 3.11. The van der Waals surface area contributed by atoms with Crippen molar-refractivity contribution in [1.29, 1.82) is 0 Å². The van der Waals surface area contributed by atoms with Gasteiger partial charge in [-0.2, -0.15) is 5.10 Å². The van der Waals surface area contributed by atoms with Crippen LogP contribution in [0.15, 0.2) is 53.3 Å². The minimum absolute atomic E-state index is 0.209. The molecule has 0 unspecified atom stereocenters. The van der Waals surface area contributed by atoms with Crippen LogP contribution in [0.1, 0.15) is 35.3 Å². The SMILES string of the molecule is Cc1c(C(=O)Nc2ccc(N3CCCCC3)cn2)cnn1-c1ccc(Br)cc1. The van der Waals surface area contributed by atoms with Crippen molar-refractivity contribution in [2.75, 3.05) is 23.3 Å². The van der Waals surface area contributed by atoms with E-state index < -0.39 is 0 Å². The van der Waals surface area contributed by atoms with Crippen molar-refractivity contribution in [3.05, 3.63) is 64.5 Å².